The van der Waals surface area contributed by atoms with Gasteiger partial charge in [0.2, 0.25) is 10.0 Å². The highest BCUT2D eigenvalue weighted by Gasteiger charge is 2.33. The molecule has 3 rings (SSSR count). The summed E-state index contributed by atoms with van der Waals surface area (Å²) in [6.45, 7) is 0.332. The van der Waals surface area contributed by atoms with Gasteiger partial charge in [-0.15, -0.1) is 0 Å². The Hall–Kier alpha value is -1.50. The lowest BCUT2D eigenvalue weighted by atomic mass is 10.0. The molecule has 1 fully saturated rings. The molecule has 0 unspecified atom stereocenters. The number of halogens is 3. The molecule has 1 saturated heterocycles. The minimum Gasteiger partial charge on any atom is -0.207 e. The normalized spacial score (nSPS) is 19.6. The predicted molar refractivity (Wildman–Crippen MR) is 92.9 cm³/mol. The van der Waals surface area contributed by atoms with Gasteiger partial charge in [0.15, 0.2) is 0 Å². The Bertz CT molecular complexity index is 873. The first-order valence-corrected chi connectivity index (χ1v) is 9.94. The predicted octanol–water partition coefficient (Wildman–Crippen LogP) is 4.92. The van der Waals surface area contributed by atoms with E-state index in [1.807, 2.05) is 0 Å². The molecule has 25 heavy (non-hydrogen) atoms. The molecule has 1 heterocycles. The number of hydrogen-bond acceptors (Lipinski definition) is 2. The Morgan fingerprint density at radius 3 is 2.56 bits per heavy atom. The van der Waals surface area contributed by atoms with E-state index in [0.717, 1.165) is 31.4 Å². The van der Waals surface area contributed by atoms with Crippen LogP contribution >= 0.6 is 11.6 Å². The number of sulfonamides is 1. The number of rotatable bonds is 3. The van der Waals surface area contributed by atoms with E-state index in [0.29, 0.717) is 18.5 Å². The molecular weight excluding hydrogens is 368 g/mol. The average molecular weight is 386 g/mol. The summed E-state index contributed by atoms with van der Waals surface area (Å²) in [5.41, 5.74) is 0.624. The van der Waals surface area contributed by atoms with Crippen LogP contribution in [0.2, 0.25) is 5.02 Å². The minimum absolute atomic E-state index is 0.0535. The summed E-state index contributed by atoms with van der Waals surface area (Å²) < 4.78 is 54.7. The monoisotopic (exact) mass is 385 g/mol. The first-order chi connectivity index (χ1) is 11.9. The van der Waals surface area contributed by atoms with Crippen molar-refractivity contribution in [3.05, 3.63) is 64.7 Å². The summed E-state index contributed by atoms with van der Waals surface area (Å²) >= 11 is 5.76. The van der Waals surface area contributed by atoms with Crippen molar-refractivity contribution in [3.63, 3.8) is 0 Å². The Balaban J connectivity index is 2.04. The van der Waals surface area contributed by atoms with E-state index >= 15 is 0 Å². The highest BCUT2D eigenvalue weighted by atomic mass is 35.5. The summed E-state index contributed by atoms with van der Waals surface area (Å²) in [5.74, 6) is -1.07. The van der Waals surface area contributed by atoms with Crippen LogP contribution in [0.15, 0.2) is 47.4 Å². The number of benzene rings is 2. The van der Waals surface area contributed by atoms with E-state index in [-0.39, 0.29) is 9.92 Å². The second-order valence-electron chi connectivity index (χ2n) is 6.11. The summed E-state index contributed by atoms with van der Waals surface area (Å²) in [6.07, 6.45) is 3.09. The van der Waals surface area contributed by atoms with E-state index in [1.54, 1.807) is 12.1 Å². The first-order valence-electron chi connectivity index (χ1n) is 8.12. The Morgan fingerprint density at radius 2 is 1.84 bits per heavy atom. The largest absolute Gasteiger partial charge is 0.243 e. The van der Waals surface area contributed by atoms with Crippen molar-refractivity contribution in [2.75, 3.05) is 6.54 Å². The Labute approximate surface area is 151 Å². The van der Waals surface area contributed by atoms with E-state index in [4.69, 9.17) is 11.6 Å². The molecule has 0 radical (unpaired) electrons. The van der Waals surface area contributed by atoms with Gasteiger partial charge in [-0.3, -0.25) is 0 Å². The SMILES string of the molecule is O=S(=O)(c1ccc(F)c(Cl)c1)N1CCCCC[C@@H]1c1cccc(F)c1. The van der Waals surface area contributed by atoms with Crippen LogP contribution in [0.3, 0.4) is 0 Å². The van der Waals surface area contributed by atoms with Crippen LogP contribution in [-0.4, -0.2) is 19.3 Å². The van der Waals surface area contributed by atoms with Gasteiger partial charge in [-0.1, -0.05) is 36.6 Å². The van der Waals surface area contributed by atoms with Crippen LogP contribution in [0.25, 0.3) is 0 Å². The van der Waals surface area contributed by atoms with Gasteiger partial charge in [0.25, 0.3) is 0 Å². The standard InChI is InChI=1S/C18H18ClF2NO2S/c19-16-12-15(8-9-17(16)21)25(23,24)22-10-3-1-2-7-18(22)13-5-4-6-14(20)11-13/h4-6,8-9,11-12,18H,1-3,7,10H2/t18-/m1/s1. The lowest BCUT2D eigenvalue weighted by Crippen LogP contribution is -2.35. The van der Waals surface area contributed by atoms with Gasteiger partial charge in [0.1, 0.15) is 11.6 Å². The molecule has 2 aromatic rings. The molecule has 2 aromatic carbocycles. The van der Waals surface area contributed by atoms with Gasteiger partial charge in [0.05, 0.1) is 16.0 Å². The zero-order valence-electron chi connectivity index (χ0n) is 13.5. The molecule has 0 amide bonds. The van der Waals surface area contributed by atoms with Crippen molar-refractivity contribution < 1.29 is 17.2 Å². The average Bonchev–Trinajstić information content (AvgIpc) is 2.83. The molecule has 0 spiro atoms. The maximum atomic E-state index is 13.6. The third-order valence-electron chi connectivity index (χ3n) is 4.43. The molecule has 1 atom stereocenters. The molecular formula is C18H18ClF2NO2S. The summed E-state index contributed by atoms with van der Waals surface area (Å²) in [7, 11) is -3.88. The van der Waals surface area contributed by atoms with Crippen LogP contribution in [0, 0.1) is 11.6 Å². The van der Waals surface area contributed by atoms with Crippen molar-refractivity contribution in [1.29, 1.82) is 0 Å². The lowest BCUT2D eigenvalue weighted by Gasteiger charge is -2.29. The van der Waals surface area contributed by atoms with Crippen molar-refractivity contribution in [1.82, 2.24) is 4.31 Å². The van der Waals surface area contributed by atoms with Crippen LogP contribution in [-0.2, 0) is 10.0 Å². The fourth-order valence-electron chi connectivity index (χ4n) is 3.19. The highest BCUT2D eigenvalue weighted by Crippen LogP contribution is 2.35. The molecule has 134 valence electrons. The third-order valence-corrected chi connectivity index (χ3v) is 6.63. The Morgan fingerprint density at radius 1 is 1.04 bits per heavy atom. The van der Waals surface area contributed by atoms with E-state index in [2.05, 4.69) is 0 Å². The van der Waals surface area contributed by atoms with E-state index < -0.39 is 27.7 Å². The van der Waals surface area contributed by atoms with E-state index in [1.165, 1.54) is 22.5 Å². The van der Waals surface area contributed by atoms with Crippen LogP contribution in [0.1, 0.15) is 37.3 Å². The second-order valence-corrected chi connectivity index (χ2v) is 8.41. The van der Waals surface area contributed by atoms with Crippen LogP contribution < -0.4 is 0 Å². The van der Waals surface area contributed by atoms with Gasteiger partial charge in [-0.2, -0.15) is 4.31 Å². The molecule has 0 aromatic heterocycles. The molecule has 0 aliphatic carbocycles. The summed E-state index contributed by atoms with van der Waals surface area (Å²) in [5, 5.41) is -0.238. The van der Waals surface area contributed by atoms with Gasteiger partial charge < -0.3 is 0 Å². The number of nitrogens with zero attached hydrogens (tertiary/aromatic N) is 1. The van der Waals surface area contributed by atoms with Crippen molar-refractivity contribution in [2.24, 2.45) is 0 Å². The van der Waals surface area contributed by atoms with Crippen LogP contribution in [0.5, 0.6) is 0 Å². The molecule has 3 nitrogen and oxygen atoms in total. The van der Waals surface area contributed by atoms with Crippen molar-refractivity contribution >= 4 is 21.6 Å². The topological polar surface area (TPSA) is 37.4 Å². The molecule has 0 N–H and O–H groups in total. The zero-order valence-corrected chi connectivity index (χ0v) is 15.0. The molecule has 1 aliphatic rings. The summed E-state index contributed by atoms with van der Waals surface area (Å²) in [6, 6.07) is 8.95. The van der Waals surface area contributed by atoms with Gasteiger partial charge >= 0.3 is 0 Å². The first kappa shape index (κ1) is 18.3. The quantitative estimate of drug-likeness (QED) is 0.751. The van der Waals surface area contributed by atoms with Gasteiger partial charge in [0, 0.05) is 6.54 Å². The third kappa shape index (κ3) is 3.86. The fraction of sp³-hybridized carbons (Fsp3) is 0.333. The summed E-state index contributed by atoms with van der Waals surface area (Å²) in [4.78, 5) is -0.0535. The molecule has 1 aliphatic heterocycles. The lowest BCUT2D eigenvalue weighted by molar-refractivity contribution is 0.328. The fourth-order valence-corrected chi connectivity index (χ4v) is 5.14. The molecule has 0 saturated carbocycles. The van der Waals surface area contributed by atoms with Crippen molar-refractivity contribution in [2.45, 2.75) is 36.6 Å². The van der Waals surface area contributed by atoms with Gasteiger partial charge in [-0.25, -0.2) is 17.2 Å². The molecule has 7 heteroatoms. The maximum absolute atomic E-state index is 13.6. The van der Waals surface area contributed by atoms with E-state index in [9.17, 15) is 17.2 Å². The highest BCUT2D eigenvalue weighted by molar-refractivity contribution is 7.89. The molecule has 0 bridgehead atoms. The Kier molecular flexibility index (Phi) is 5.41. The number of hydrogen-bond donors (Lipinski definition) is 0. The minimum atomic E-state index is -3.88. The van der Waals surface area contributed by atoms with Crippen molar-refractivity contribution in [3.8, 4) is 0 Å². The zero-order chi connectivity index (χ0) is 18.0. The van der Waals surface area contributed by atoms with Gasteiger partial charge in [-0.05, 0) is 48.7 Å². The maximum Gasteiger partial charge on any atom is 0.243 e. The van der Waals surface area contributed by atoms with Crippen LogP contribution in [0.4, 0.5) is 8.78 Å². The smallest absolute Gasteiger partial charge is 0.207 e. The second kappa shape index (κ2) is 7.40.